The molecule has 2 aliphatic carbocycles. The van der Waals surface area contributed by atoms with Gasteiger partial charge >= 0.3 is 0 Å². The second-order valence-corrected chi connectivity index (χ2v) is 8.41. The first kappa shape index (κ1) is 19.4. The number of rotatable bonds is 8. The zero-order chi connectivity index (χ0) is 17.0. The highest BCUT2D eigenvalue weighted by Crippen LogP contribution is 2.37. The average Bonchev–Trinajstić information content (AvgIpc) is 2.64. The molecule has 0 atom stereocenters. The van der Waals surface area contributed by atoms with Crippen LogP contribution in [0.4, 0.5) is 0 Å². The Morgan fingerprint density at radius 2 is 1.25 bits per heavy atom. The molecule has 2 saturated carbocycles. The lowest BCUT2D eigenvalue weighted by Crippen LogP contribution is -2.18. The van der Waals surface area contributed by atoms with Crippen LogP contribution in [0.25, 0.3) is 0 Å². The Bertz CT molecular complexity index is 419. The van der Waals surface area contributed by atoms with E-state index in [0.717, 1.165) is 17.8 Å². The van der Waals surface area contributed by atoms with Crippen molar-refractivity contribution in [2.24, 2.45) is 23.7 Å². The van der Waals surface area contributed by atoms with E-state index in [1.165, 1.54) is 96.3 Å². The number of nitriles is 1. The molecular weight excluding hydrogens is 290 g/mol. The molecule has 0 aromatic heterocycles. The van der Waals surface area contributed by atoms with Gasteiger partial charge in [-0.15, -0.1) is 0 Å². The van der Waals surface area contributed by atoms with Crippen molar-refractivity contribution < 1.29 is 0 Å². The molecule has 2 fully saturated rings. The normalized spacial score (nSPS) is 30.2. The van der Waals surface area contributed by atoms with Crippen LogP contribution >= 0.6 is 0 Å². The Labute approximate surface area is 150 Å². The molecule has 1 heteroatoms. The van der Waals surface area contributed by atoms with E-state index in [-0.39, 0.29) is 0 Å². The summed E-state index contributed by atoms with van der Waals surface area (Å²) in [6.45, 7) is 2.30. The summed E-state index contributed by atoms with van der Waals surface area (Å²) in [4.78, 5) is 0. The number of hydrogen-bond donors (Lipinski definition) is 0. The van der Waals surface area contributed by atoms with Crippen molar-refractivity contribution in [1.82, 2.24) is 0 Å². The van der Waals surface area contributed by atoms with Crippen molar-refractivity contribution in [3.8, 4) is 17.9 Å². The van der Waals surface area contributed by atoms with Crippen molar-refractivity contribution in [2.75, 3.05) is 0 Å². The Hall–Kier alpha value is -0.950. The minimum Gasteiger partial charge on any atom is -0.183 e. The van der Waals surface area contributed by atoms with Crippen LogP contribution in [0, 0.1) is 46.8 Å². The fourth-order valence-electron chi connectivity index (χ4n) is 4.87. The number of unbranched alkanes of at least 4 members (excludes halogenated alkanes) is 3. The first-order chi connectivity index (χ1) is 11.8. The molecule has 0 radical (unpaired) electrons. The molecule has 0 amide bonds. The fourth-order valence-corrected chi connectivity index (χ4v) is 4.87. The van der Waals surface area contributed by atoms with E-state index in [1.54, 1.807) is 0 Å². The molecule has 1 nitrogen and oxygen atoms in total. The summed E-state index contributed by atoms with van der Waals surface area (Å²) >= 11 is 0. The maximum absolute atomic E-state index is 8.54. The predicted molar refractivity (Wildman–Crippen MR) is 102 cm³/mol. The highest BCUT2D eigenvalue weighted by Gasteiger charge is 2.24. The van der Waals surface area contributed by atoms with Crippen LogP contribution in [0.2, 0.25) is 0 Å². The van der Waals surface area contributed by atoms with Crippen LogP contribution in [0.15, 0.2) is 0 Å². The molecule has 2 rings (SSSR count). The van der Waals surface area contributed by atoms with Crippen molar-refractivity contribution in [1.29, 1.82) is 5.26 Å². The molecule has 0 saturated heterocycles. The first-order valence-corrected chi connectivity index (χ1v) is 10.7. The summed E-state index contributed by atoms with van der Waals surface area (Å²) in [6.07, 6.45) is 21.3. The van der Waals surface area contributed by atoms with E-state index in [4.69, 9.17) is 5.26 Å². The summed E-state index contributed by atoms with van der Waals surface area (Å²) in [7, 11) is 0. The number of nitrogens with zero attached hydrogens (tertiary/aromatic N) is 1. The Morgan fingerprint density at radius 3 is 1.79 bits per heavy atom. The quantitative estimate of drug-likeness (QED) is 0.352. The summed E-state index contributed by atoms with van der Waals surface area (Å²) in [6, 6.07) is 1.96. The van der Waals surface area contributed by atoms with E-state index < -0.39 is 0 Å². The van der Waals surface area contributed by atoms with Gasteiger partial charge in [0.2, 0.25) is 0 Å². The summed E-state index contributed by atoms with van der Waals surface area (Å²) in [5.41, 5.74) is 0. The van der Waals surface area contributed by atoms with Gasteiger partial charge in [-0.25, -0.2) is 0 Å². The van der Waals surface area contributed by atoms with Crippen LogP contribution in [-0.4, -0.2) is 0 Å². The maximum atomic E-state index is 8.54. The minimum absolute atomic E-state index is 0.504. The summed E-state index contributed by atoms with van der Waals surface area (Å²) < 4.78 is 0. The molecule has 0 aromatic rings. The zero-order valence-electron chi connectivity index (χ0n) is 15.9. The van der Waals surface area contributed by atoms with Gasteiger partial charge in [-0.3, -0.25) is 0 Å². The van der Waals surface area contributed by atoms with Crippen molar-refractivity contribution in [3.05, 3.63) is 0 Å². The molecule has 0 bridgehead atoms. The molecule has 24 heavy (non-hydrogen) atoms. The Kier molecular flexibility index (Phi) is 9.35. The maximum Gasteiger partial charge on any atom is 0.152 e. The van der Waals surface area contributed by atoms with Crippen LogP contribution < -0.4 is 0 Å². The molecular formula is C23H37N. The second-order valence-electron chi connectivity index (χ2n) is 8.41. The van der Waals surface area contributed by atoms with Gasteiger partial charge < -0.3 is 0 Å². The number of hydrogen-bond acceptors (Lipinski definition) is 1. The smallest absolute Gasteiger partial charge is 0.152 e. The summed E-state index contributed by atoms with van der Waals surface area (Å²) in [5, 5.41) is 8.54. The van der Waals surface area contributed by atoms with Gasteiger partial charge in [0, 0.05) is 11.8 Å². The van der Waals surface area contributed by atoms with E-state index in [9.17, 15) is 0 Å². The van der Waals surface area contributed by atoms with Gasteiger partial charge in [0.25, 0.3) is 0 Å². The van der Waals surface area contributed by atoms with E-state index in [0.29, 0.717) is 5.92 Å². The Balaban J connectivity index is 1.53. The molecule has 0 aliphatic heterocycles. The van der Waals surface area contributed by atoms with Crippen molar-refractivity contribution in [2.45, 2.75) is 103 Å². The van der Waals surface area contributed by atoms with Gasteiger partial charge in [-0.05, 0) is 43.4 Å². The van der Waals surface area contributed by atoms with Crippen LogP contribution in [0.5, 0.6) is 0 Å². The van der Waals surface area contributed by atoms with Crippen LogP contribution in [0.1, 0.15) is 103 Å². The SMILES string of the molecule is CCCCCC[C@H]1CC[C@H](CC[C@H]2CC[C@H](C#CC#N)CC2)CC1. The van der Waals surface area contributed by atoms with E-state index >= 15 is 0 Å². The average molecular weight is 328 g/mol. The lowest BCUT2D eigenvalue weighted by Gasteiger charge is -2.31. The highest BCUT2D eigenvalue weighted by atomic mass is 14.3. The lowest BCUT2D eigenvalue weighted by atomic mass is 9.75. The largest absolute Gasteiger partial charge is 0.183 e. The lowest BCUT2D eigenvalue weighted by molar-refractivity contribution is 0.220. The molecule has 134 valence electrons. The van der Waals surface area contributed by atoms with Crippen LogP contribution in [0.3, 0.4) is 0 Å². The van der Waals surface area contributed by atoms with E-state index in [1.807, 2.05) is 6.07 Å². The molecule has 0 unspecified atom stereocenters. The topological polar surface area (TPSA) is 23.8 Å². The third-order valence-electron chi connectivity index (χ3n) is 6.59. The molecule has 0 aromatic carbocycles. The van der Waals surface area contributed by atoms with Gasteiger partial charge in [-0.1, -0.05) is 83.5 Å². The first-order valence-electron chi connectivity index (χ1n) is 10.7. The van der Waals surface area contributed by atoms with Crippen molar-refractivity contribution in [3.63, 3.8) is 0 Å². The minimum atomic E-state index is 0.504. The highest BCUT2D eigenvalue weighted by molar-refractivity contribution is 5.18. The Morgan fingerprint density at radius 1 is 0.708 bits per heavy atom. The molecule has 2 aliphatic rings. The van der Waals surface area contributed by atoms with Gasteiger partial charge in [0.05, 0.1) is 0 Å². The second kappa shape index (κ2) is 11.6. The monoisotopic (exact) mass is 327 g/mol. The summed E-state index contributed by atoms with van der Waals surface area (Å²) in [5.74, 6) is 9.23. The fraction of sp³-hybridized carbons (Fsp3) is 0.870. The van der Waals surface area contributed by atoms with Gasteiger partial charge in [-0.2, -0.15) is 5.26 Å². The third-order valence-corrected chi connectivity index (χ3v) is 6.59. The van der Waals surface area contributed by atoms with Gasteiger partial charge in [0.15, 0.2) is 6.07 Å². The standard InChI is InChI=1S/C23H37N/c1-2-3-4-5-7-20-9-13-22(14-10-20)17-18-23-15-11-21(12-16-23)8-6-19-24/h20-23H,2-5,7,9-18H2,1H3/t20-,21-,22-,23-. The zero-order valence-corrected chi connectivity index (χ0v) is 15.9. The predicted octanol–water partition coefficient (Wildman–Crippen LogP) is 6.88. The van der Waals surface area contributed by atoms with Gasteiger partial charge in [0.1, 0.15) is 0 Å². The van der Waals surface area contributed by atoms with Crippen LogP contribution in [-0.2, 0) is 0 Å². The third kappa shape index (κ3) is 7.30. The molecule has 0 spiro atoms. The molecule has 0 heterocycles. The van der Waals surface area contributed by atoms with E-state index in [2.05, 4.69) is 18.8 Å². The molecule has 0 N–H and O–H groups in total. The van der Waals surface area contributed by atoms with Crippen molar-refractivity contribution >= 4 is 0 Å².